The molecule has 0 spiro atoms. The third-order valence-electron chi connectivity index (χ3n) is 5.09. The summed E-state index contributed by atoms with van der Waals surface area (Å²) in [5.74, 6) is -0.198. The molecular formula is C21H26N2O4S. The number of carbonyl (C=O) groups is 1. The molecule has 0 saturated carbocycles. The molecule has 0 bridgehead atoms. The molecule has 3 rings (SSSR count). The summed E-state index contributed by atoms with van der Waals surface area (Å²) >= 11 is 0. The lowest BCUT2D eigenvalue weighted by Gasteiger charge is -2.20. The van der Waals surface area contributed by atoms with Crippen molar-refractivity contribution in [1.29, 1.82) is 0 Å². The third kappa shape index (κ3) is 4.05. The Balaban J connectivity index is 1.96. The maximum absolute atomic E-state index is 13.1. The minimum atomic E-state index is -3.67. The number of para-hydroxylation sites is 1. The van der Waals surface area contributed by atoms with Crippen LogP contribution in [0.1, 0.15) is 24.8 Å². The Morgan fingerprint density at radius 2 is 1.79 bits per heavy atom. The van der Waals surface area contributed by atoms with Gasteiger partial charge in [0.25, 0.3) is 0 Å². The number of hydrogen-bond acceptors (Lipinski definition) is 4. The first kappa shape index (κ1) is 20.4. The minimum Gasteiger partial charge on any atom is -0.496 e. The molecule has 1 fully saturated rings. The molecule has 1 aliphatic heterocycles. The largest absolute Gasteiger partial charge is 0.496 e. The first-order chi connectivity index (χ1) is 13.5. The second-order valence-electron chi connectivity index (χ2n) is 6.88. The van der Waals surface area contributed by atoms with Gasteiger partial charge in [-0.25, -0.2) is 8.42 Å². The van der Waals surface area contributed by atoms with E-state index >= 15 is 0 Å². The van der Waals surface area contributed by atoms with Crippen molar-refractivity contribution < 1.29 is 17.9 Å². The van der Waals surface area contributed by atoms with Gasteiger partial charge in [-0.1, -0.05) is 43.3 Å². The van der Waals surface area contributed by atoms with E-state index in [-0.39, 0.29) is 29.8 Å². The lowest BCUT2D eigenvalue weighted by atomic mass is 9.87. The van der Waals surface area contributed by atoms with E-state index in [2.05, 4.69) is 5.32 Å². The third-order valence-corrected chi connectivity index (χ3v) is 6.94. The summed E-state index contributed by atoms with van der Waals surface area (Å²) in [5.41, 5.74) is 0.854. The molecule has 1 aliphatic rings. The molecule has 1 amide bonds. The van der Waals surface area contributed by atoms with Crippen LogP contribution in [0.3, 0.4) is 0 Å². The summed E-state index contributed by atoms with van der Waals surface area (Å²) in [6.07, 6.45) is 0.823. The van der Waals surface area contributed by atoms with Crippen LogP contribution >= 0.6 is 0 Å². The second-order valence-corrected chi connectivity index (χ2v) is 8.82. The summed E-state index contributed by atoms with van der Waals surface area (Å²) in [6.45, 7) is 2.94. The quantitative estimate of drug-likeness (QED) is 0.773. The molecule has 0 aromatic heterocycles. The molecule has 2 aromatic carbocycles. The molecule has 0 aliphatic carbocycles. The monoisotopic (exact) mass is 402 g/mol. The highest BCUT2D eigenvalue weighted by atomic mass is 32.2. The van der Waals surface area contributed by atoms with Crippen molar-refractivity contribution in [3.63, 3.8) is 0 Å². The molecule has 0 unspecified atom stereocenters. The molecule has 7 heteroatoms. The average molecular weight is 403 g/mol. The SMILES string of the molecule is CCCNC(=O)[C@H]1CN(S(=O)(=O)c2ccccc2)C[C@@H]1c1ccccc1OC. The zero-order valence-electron chi connectivity index (χ0n) is 16.2. The Bertz CT molecular complexity index is 915. The highest BCUT2D eigenvalue weighted by molar-refractivity contribution is 7.89. The number of sulfonamides is 1. The molecule has 1 saturated heterocycles. The summed E-state index contributed by atoms with van der Waals surface area (Å²) in [7, 11) is -2.09. The molecule has 28 heavy (non-hydrogen) atoms. The lowest BCUT2D eigenvalue weighted by Crippen LogP contribution is -2.36. The first-order valence-electron chi connectivity index (χ1n) is 9.44. The van der Waals surface area contributed by atoms with E-state index in [0.717, 1.165) is 12.0 Å². The van der Waals surface area contributed by atoms with Gasteiger partial charge in [0.2, 0.25) is 15.9 Å². The van der Waals surface area contributed by atoms with Crippen molar-refractivity contribution in [2.75, 3.05) is 26.7 Å². The standard InChI is InChI=1S/C21H26N2O4S/c1-3-13-22-21(24)19-15-23(28(25,26)16-9-5-4-6-10-16)14-18(19)17-11-7-8-12-20(17)27-2/h4-12,18-19H,3,13-15H2,1-2H3,(H,22,24)/t18-,19+/m1/s1. The Morgan fingerprint density at radius 3 is 2.46 bits per heavy atom. The van der Waals surface area contributed by atoms with Crippen molar-refractivity contribution in [2.24, 2.45) is 5.92 Å². The maximum Gasteiger partial charge on any atom is 0.243 e. The Labute approximate surface area is 166 Å². The van der Waals surface area contributed by atoms with Crippen LogP contribution in [0.5, 0.6) is 5.75 Å². The molecule has 2 aromatic rings. The fourth-order valence-corrected chi connectivity index (χ4v) is 5.15. The average Bonchev–Trinajstić information content (AvgIpc) is 3.19. The zero-order valence-corrected chi connectivity index (χ0v) is 17.0. The number of nitrogens with one attached hydrogen (secondary N) is 1. The van der Waals surface area contributed by atoms with Crippen LogP contribution in [-0.4, -0.2) is 45.4 Å². The van der Waals surface area contributed by atoms with E-state index in [1.165, 1.54) is 4.31 Å². The van der Waals surface area contributed by atoms with E-state index in [9.17, 15) is 13.2 Å². The summed E-state index contributed by atoms with van der Waals surface area (Å²) in [6, 6.07) is 15.8. The summed E-state index contributed by atoms with van der Waals surface area (Å²) < 4.78 is 33.1. The molecule has 6 nitrogen and oxygen atoms in total. The van der Waals surface area contributed by atoms with Gasteiger partial charge in [0.1, 0.15) is 5.75 Å². The number of amides is 1. The van der Waals surface area contributed by atoms with E-state index in [4.69, 9.17) is 4.74 Å². The molecule has 0 radical (unpaired) electrons. The molecule has 2 atom stereocenters. The molecule has 1 N–H and O–H groups in total. The van der Waals surface area contributed by atoms with Crippen molar-refractivity contribution in [2.45, 2.75) is 24.2 Å². The van der Waals surface area contributed by atoms with Gasteiger partial charge in [-0.05, 0) is 30.2 Å². The second kappa shape index (κ2) is 8.75. The van der Waals surface area contributed by atoms with Crippen molar-refractivity contribution in [3.05, 3.63) is 60.2 Å². The highest BCUT2D eigenvalue weighted by Gasteiger charge is 2.44. The van der Waals surface area contributed by atoms with Crippen LogP contribution in [-0.2, 0) is 14.8 Å². The van der Waals surface area contributed by atoms with E-state index in [0.29, 0.717) is 12.3 Å². The maximum atomic E-state index is 13.1. The molecule has 150 valence electrons. The van der Waals surface area contributed by atoms with E-state index < -0.39 is 15.9 Å². The smallest absolute Gasteiger partial charge is 0.243 e. The van der Waals surface area contributed by atoms with Crippen LogP contribution in [0.4, 0.5) is 0 Å². The van der Waals surface area contributed by atoms with Crippen LogP contribution in [0.25, 0.3) is 0 Å². The van der Waals surface area contributed by atoms with Gasteiger partial charge in [-0.3, -0.25) is 4.79 Å². The van der Waals surface area contributed by atoms with Gasteiger partial charge in [0.15, 0.2) is 0 Å². The van der Waals surface area contributed by atoms with Crippen molar-refractivity contribution in [1.82, 2.24) is 9.62 Å². The predicted octanol–water partition coefficient (Wildman–Crippen LogP) is 2.63. The van der Waals surface area contributed by atoms with Crippen molar-refractivity contribution in [3.8, 4) is 5.75 Å². The fraction of sp³-hybridized carbons (Fsp3) is 0.381. The minimum absolute atomic E-state index is 0.122. The van der Waals surface area contributed by atoms with Gasteiger partial charge in [0.05, 0.1) is 17.9 Å². The number of benzene rings is 2. The fourth-order valence-electron chi connectivity index (χ4n) is 3.64. The van der Waals surface area contributed by atoms with E-state index in [1.807, 2.05) is 31.2 Å². The normalized spacial score (nSPS) is 20.1. The van der Waals surface area contributed by atoms with Crippen LogP contribution < -0.4 is 10.1 Å². The number of ether oxygens (including phenoxy) is 1. The first-order valence-corrected chi connectivity index (χ1v) is 10.9. The highest BCUT2D eigenvalue weighted by Crippen LogP contribution is 2.39. The number of nitrogens with zero attached hydrogens (tertiary/aromatic N) is 1. The van der Waals surface area contributed by atoms with Gasteiger partial charge in [-0.15, -0.1) is 0 Å². The van der Waals surface area contributed by atoms with Crippen molar-refractivity contribution >= 4 is 15.9 Å². The number of hydrogen-bond donors (Lipinski definition) is 1. The van der Waals surface area contributed by atoms with Crippen LogP contribution in [0.15, 0.2) is 59.5 Å². The predicted molar refractivity (Wildman–Crippen MR) is 108 cm³/mol. The van der Waals surface area contributed by atoms with Gasteiger partial charge >= 0.3 is 0 Å². The number of carbonyl (C=O) groups excluding carboxylic acids is 1. The zero-order chi connectivity index (χ0) is 20.1. The Hall–Kier alpha value is -2.38. The molecular weight excluding hydrogens is 376 g/mol. The van der Waals surface area contributed by atoms with Gasteiger partial charge in [-0.2, -0.15) is 4.31 Å². The number of rotatable bonds is 7. The van der Waals surface area contributed by atoms with Gasteiger partial charge < -0.3 is 10.1 Å². The summed E-state index contributed by atoms with van der Waals surface area (Å²) in [5, 5.41) is 2.92. The van der Waals surface area contributed by atoms with Crippen LogP contribution in [0, 0.1) is 5.92 Å². The lowest BCUT2D eigenvalue weighted by molar-refractivity contribution is -0.124. The van der Waals surface area contributed by atoms with Gasteiger partial charge in [0, 0.05) is 25.6 Å². The topological polar surface area (TPSA) is 75.7 Å². The molecule has 1 heterocycles. The van der Waals surface area contributed by atoms with Crippen LogP contribution in [0.2, 0.25) is 0 Å². The van der Waals surface area contributed by atoms with E-state index in [1.54, 1.807) is 37.4 Å². The number of methoxy groups -OCH3 is 1. The summed E-state index contributed by atoms with van der Waals surface area (Å²) in [4.78, 5) is 13.1. The Morgan fingerprint density at radius 1 is 1.11 bits per heavy atom. The Kier molecular flexibility index (Phi) is 6.36.